The van der Waals surface area contributed by atoms with Crippen LogP contribution in [0, 0.1) is 0 Å². The summed E-state index contributed by atoms with van der Waals surface area (Å²) in [5.41, 5.74) is 0. The van der Waals surface area contributed by atoms with Gasteiger partial charge in [0, 0.05) is 0 Å². The van der Waals surface area contributed by atoms with E-state index in [1.54, 1.807) is 0 Å². The minimum atomic E-state index is 0.730. The Morgan fingerprint density at radius 3 is 2.00 bits per heavy atom. The van der Waals surface area contributed by atoms with Gasteiger partial charge in [-0.15, -0.1) is 0 Å². The molecule has 80 valence electrons. The highest BCUT2D eigenvalue weighted by molar-refractivity contribution is 9.16. The Bertz CT molecular complexity index is 121. The van der Waals surface area contributed by atoms with Crippen molar-refractivity contribution < 1.29 is 2.54 Å². The Balaban J connectivity index is 3.09. The molecule has 0 saturated heterocycles. The van der Waals surface area contributed by atoms with Crippen molar-refractivity contribution in [1.29, 1.82) is 0 Å². The van der Waals surface area contributed by atoms with Crippen molar-refractivity contribution in [1.82, 2.24) is 4.90 Å². The molecule has 0 aromatic rings. The summed E-state index contributed by atoms with van der Waals surface area (Å²) in [6.07, 6.45) is 5.28. The van der Waals surface area contributed by atoms with Gasteiger partial charge in [-0.2, -0.15) is 2.54 Å². The van der Waals surface area contributed by atoms with Crippen LogP contribution in [0.25, 0.3) is 0 Å². The number of hydrogen-bond donors (Lipinski definition) is 0. The van der Waals surface area contributed by atoms with Crippen LogP contribution in [0.15, 0.2) is 0 Å². The number of halogens is 2. The van der Waals surface area contributed by atoms with Crippen LogP contribution in [0.2, 0.25) is 0 Å². The zero-order chi connectivity index (χ0) is 10.3. The van der Waals surface area contributed by atoms with E-state index in [-0.39, 0.29) is 0 Å². The largest absolute Gasteiger partial charge is 0.309 e. The molecule has 0 amide bonds. The monoisotopic (exact) mass is 315 g/mol. The molecule has 0 heterocycles. The van der Waals surface area contributed by atoms with Crippen molar-refractivity contribution in [2.24, 2.45) is 0 Å². The van der Waals surface area contributed by atoms with E-state index in [4.69, 9.17) is 0 Å². The fourth-order valence-electron chi connectivity index (χ4n) is 1.17. The highest BCUT2D eigenvalue weighted by Crippen LogP contribution is 2.19. The normalized spacial score (nSPS) is 12.5. The lowest BCUT2D eigenvalue weighted by Crippen LogP contribution is -2.20. The Kier molecular flexibility index (Phi) is 7.70. The molecule has 0 atom stereocenters. The Hall–Kier alpha value is 0.880. The Labute approximate surface area is 99.5 Å². The van der Waals surface area contributed by atoms with Crippen LogP contribution in [0.3, 0.4) is 0 Å². The van der Waals surface area contributed by atoms with Crippen molar-refractivity contribution in [3.05, 3.63) is 0 Å². The molecule has 0 fully saturated rings. The molecule has 0 aromatic carbocycles. The van der Waals surface area contributed by atoms with E-state index >= 15 is 0 Å². The number of unbranched alkanes of at least 4 members (excludes halogenated alkanes) is 3. The highest BCUT2D eigenvalue weighted by atomic mass is 79.9. The summed E-state index contributed by atoms with van der Waals surface area (Å²) in [6.45, 7) is 2.36. The molecule has 0 aliphatic heterocycles. The first-order chi connectivity index (χ1) is 5.92. The highest BCUT2D eigenvalue weighted by Gasteiger charge is 2.12. The number of quaternary nitrogens is 1. The SMILES string of the molecule is CN(C)CCCCCC[N+](C)(Br)Br. The topological polar surface area (TPSA) is 3.24 Å². The predicted molar refractivity (Wildman–Crippen MR) is 65.9 cm³/mol. The average molecular weight is 317 g/mol. The molecule has 0 bridgehead atoms. The minimum Gasteiger partial charge on any atom is -0.309 e. The van der Waals surface area contributed by atoms with Gasteiger partial charge in [0.25, 0.3) is 0 Å². The van der Waals surface area contributed by atoms with Crippen molar-refractivity contribution in [3.8, 4) is 0 Å². The standard InChI is InChI=1S/C9H21Br2N2/c1-12(2)8-6-4-5-7-9-13(3,10)11/h4-9H2,1-3H3/q+1. The maximum Gasteiger partial charge on any atom is 0.239 e. The van der Waals surface area contributed by atoms with Crippen molar-refractivity contribution in [3.63, 3.8) is 0 Å². The first kappa shape index (κ1) is 13.9. The van der Waals surface area contributed by atoms with Gasteiger partial charge in [0.1, 0.15) is 0 Å². The molecule has 13 heavy (non-hydrogen) atoms. The molecule has 0 aliphatic carbocycles. The van der Waals surface area contributed by atoms with E-state index in [0.717, 1.165) is 9.08 Å². The van der Waals surface area contributed by atoms with Gasteiger partial charge < -0.3 is 4.90 Å². The van der Waals surface area contributed by atoms with Crippen LogP contribution >= 0.6 is 32.3 Å². The van der Waals surface area contributed by atoms with Crippen LogP contribution in [0.1, 0.15) is 25.7 Å². The second-order valence-electron chi connectivity index (χ2n) is 3.90. The van der Waals surface area contributed by atoms with Gasteiger partial charge in [-0.3, -0.25) is 0 Å². The maximum atomic E-state index is 3.52. The number of hydrogen-bond acceptors (Lipinski definition) is 1. The summed E-state index contributed by atoms with van der Waals surface area (Å²) in [5.74, 6) is 0. The average Bonchev–Trinajstić information content (AvgIpc) is 1.93. The van der Waals surface area contributed by atoms with Gasteiger partial charge in [0.05, 0.1) is 13.6 Å². The van der Waals surface area contributed by atoms with E-state index < -0.39 is 0 Å². The molecule has 0 aliphatic rings. The molecule has 0 spiro atoms. The molecule has 4 heteroatoms. The summed E-state index contributed by atoms with van der Waals surface area (Å²) >= 11 is 7.03. The van der Waals surface area contributed by atoms with Gasteiger partial charge in [-0.05, 0) is 39.9 Å². The lowest BCUT2D eigenvalue weighted by Gasteiger charge is -2.14. The molecule has 0 saturated carbocycles. The zero-order valence-electron chi connectivity index (χ0n) is 8.89. The zero-order valence-corrected chi connectivity index (χ0v) is 12.1. The Morgan fingerprint density at radius 2 is 1.54 bits per heavy atom. The van der Waals surface area contributed by atoms with Crippen LogP contribution in [-0.4, -0.2) is 41.7 Å². The van der Waals surface area contributed by atoms with Gasteiger partial charge in [0.15, 0.2) is 0 Å². The summed E-state index contributed by atoms with van der Waals surface area (Å²) < 4.78 is 0.730. The van der Waals surface area contributed by atoms with Crippen LogP contribution in [0.4, 0.5) is 0 Å². The van der Waals surface area contributed by atoms with E-state index in [1.165, 1.54) is 32.2 Å². The van der Waals surface area contributed by atoms with Crippen molar-refractivity contribution in [2.75, 3.05) is 34.2 Å². The quantitative estimate of drug-likeness (QED) is 0.515. The maximum absolute atomic E-state index is 3.52. The summed E-state index contributed by atoms with van der Waals surface area (Å²) in [6, 6.07) is 0. The first-order valence-electron chi connectivity index (χ1n) is 4.81. The molecule has 0 rings (SSSR count). The van der Waals surface area contributed by atoms with E-state index in [1.807, 2.05) is 0 Å². The van der Waals surface area contributed by atoms with E-state index in [9.17, 15) is 0 Å². The van der Waals surface area contributed by atoms with E-state index in [2.05, 4.69) is 58.3 Å². The van der Waals surface area contributed by atoms with Gasteiger partial charge >= 0.3 is 0 Å². The van der Waals surface area contributed by atoms with Gasteiger partial charge in [-0.1, -0.05) is 6.42 Å². The number of nitrogens with zero attached hydrogens (tertiary/aromatic N) is 2. The minimum absolute atomic E-state index is 0.730. The van der Waals surface area contributed by atoms with Crippen molar-refractivity contribution >= 4 is 32.3 Å². The van der Waals surface area contributed by atoms with Crippen LogP contribution < -0.4 is 0 Å². The first-order valence-corrected chi connectivity index (χ1v) is 6.23. The molecule has 0 aromatic heterocycles. The lowest BCUT2D eigenvalue weighted by molar-refractivity contribution is -0.585. The lowest BCUT2D eigenvalue weighted by atomic mass is 10.2. The van der Waals surface area contributed by atoms with Crippen LogP contribution in [-0.2, 0) is 0 Å². The predicted octanol–water partition coefficient (Wildman–Crippen LogP) is 3.17. The molecule has 2 nitrogen and oxygen atoms in total. The van der Waals surface area contributed by atoms with Gasteiger partial charge in [0.2, 0.25) is 32.3 Å². The third-order valence-electron chi connectivity index (χ3n) is 1.91. The molecule has 0 N–H and O–H groups in total. The summed E-state index contributed by atoms with van der Waals surface area (Å²) in [7, 11) is 6.36. The molecule has 0 unspecified atom stereocenters. The van der Waals surface area contributed by atoms with E-state index in [0.29, 0.717) is 0 Å². The molecule has 0 radical (unpaired) electrons. The summed E-state index contributed by atoms with van der Waals surface area (Å²) in [4.78, 5) is 2.25. The molecular weight excluding hydrogens is 296 g/mol. The van der Waals surface area contributed by atoms with Gasteiger partial charge in [-0.25, -0.2) is 0 Å². The fourth-order valence-corrected chi connectivity index (χ4v) is 1.67. The third-order valence-corrected chi connectivity index (χ3v) is 2.62. The fraction of sp³-hybridized carbons (Fsp3) is 1.00. The number of rotatable bonds is 7. The molecular formula is C9H21Br2N2+. The third kappa shape index (κ3) is 12.9. The Morgan fingerprint density at radius 1 is 1.00 bits per heavy atom. The summed E-state index contributed by atoms with van der Waals surface area (Å²) in [5, 5.41) is 0. The van der Waals surface area contributed by atoms with Crippen molar-refractivity contribution in [2.45, 2.75) is 25.7 Å². The second kappa shape index (κ2) is 7.21. The second-order valence-corrected chi connectivity index (χ2v) is 7.98. The smallest absolute Gasteiger partial charge is 0.239 e. The van der Waals surface area contributed by atoms with Crippen LogP contribution in [0.5, 0.6) is 0 Å².